The van der Waals surface area contributed by atoms with E-state index in [1.54, 1.807) is 18.2 Å². The van der Waals surface area contributed by atoms with Crippen molar-refractivity contribution in [2.45, 2.75) is 25.4 Å². The van der Waals surface area contributed by atoms with Crippen molar-refractivity contribution in [3.8, 4) is 5.75 Å². The Labute approximate surface area is 122 Å². The van der Waals surface area contributed by atoms with Crippen LogP contribution in [0.5, 0.6) is 5.75 Å². The maximum Gasteiger partial charge on any atom is 0.269 e. The Balaban J connectivity index is 1.71. The van der Waals surface area contributed by atoms with E-state index in [2.05, 4.69) is 5.32 Å². The third-order valence-electron chi connectivity index (χ3n) is 3.92. The normalized spacial score (nSPS) is 16.7. The quantitative estimate of drug-likeness (QED) is 0.668. The Bertz CT molecular complexity index is 685. The predicted molar refractivity (Wildman–Crippen MR) is 79.1 cm³/mol. The number of hydrogen-bond donors (Lipinski definition) is 2. The smallest absolute Gasteiger partial charge is 0.269 e. The van der Waals surface area contributed by atoms with Crippen molar-refractivity contribution in [3.63, 3.8) is 0 Å². The fourth-order valence-electron chi connectivity index (χ4n) is 2.87. The monoisotopic (exact) mass is 284 g/mol. The molecule has 1 unspecified atom stereocenters. The van der Waals surface area contributed by atoms with Crippen molar-refractivity contribution < 1.29 is 10.0 Å². The molecule has 0 saturated heterocycles. The van der Waals surface area contributed by atoms with Gasteiger partial charge in [0.05, 0.1) is 4.92 Å². The van der Waals surface area contributed by atoms with E-state index in [9.17, 15) is 15.2 Å². The van der Waals surface area contributed by atoms with Gasteiger partial charge in [0, 0.05) is 24.7 Å². The van der Waals surface area contributed by atoms with Crippen LogP contribution in [0.1, 0.15) is 29.2 Å². The summed E-state index contributed by atoms with van der Waals surface area (Å²) < 4.78 is 0. The van der Waals surface area contributed by atoms with Crippen molar-refractivity contribution in [3.05, 3.63) is 69.3 Å². The average Bonchev–Trinajstić information content (AvgIpc) is 2.90. The first kappa shape index (κ1) is 13.6. The predicted octanol–water partition coefficient (Wildman–Crippen LogP) is 3.08. The Morgan fingerprint density at radius 1 is 1.29 bits per heavy atom. The summed E-state index contributed by atoms with van der Waals surface area (Å²) in [4.78, 5) is 10.4. The highest BCUT2D eigenvalue weighted by Gasteiger charge is 2.24. The SMILES string of the molecule is O=[N+]([O-])c1cccc(CNC2CCc3c(O)cccc32)c1. The van der Waals surface area contributed by atoms with Crippen molar-refractivity contribution >= 4 is 5.69 Å². The minimum absolute atomic E-state index is 0.110. The number of hydrogen-bond acceptors (Lipinski definition) is 4. The van der Waals surface area contributed by atoms with Gasteiger partial charge in [0.1, 0.15) is 5.75 Å². The third kappa shape index (κ3) is 2.73. The van der Waals surface area contributed by atoms with Crippen molar-refractivity contribution in [2.24, 2.45) is 0 Å². The maximum atomic E-state index is 10.8. The number of nitro benzene ring substituents is 1. The number of rotatable bonds is 4. The summed E-state index contributed by atoms with van der Waals surface area (Å²) >= 11 is 0. The molecule has 0 radical (unpaired) electrons. The van der Waals surface area contributed by atoms with Crippen LogP contribution in [0.15, 0.2) is 42.5 Å². The summed E-state index contributed by atoms with van der Waals surface area (Å²) in [5, 5.41) is 24.0. The van der Waals surface area contributed by atoms with Crippen molar-refractivity contribution in [1.82, 2.24) is 5.32 Å². The fourth-order valence-corrected chi connectivity index (χ4v) is 2.87. The average molecular weight is 284 g/mol. The van der Waals surface area contributed by atoms with E-state index >= 15 is 0 Å². The van der Waals surface area contributed by atoms with Crippen LogP contribution >= 0.6 is 0 Å². The van der Waals surface area contributed by atoms with Gasteiger partial charge in [-0.2, -0.15) is 0 Å². The van der Waals surface area contributed by atoms with Gasteiger partial charge >= 0.3 is 0 Å². The molecule has 3 rings (SSSR count). The van der Waals surface area contributed by atoms with Gasteiger partial charge in [0.2, 0.25) is 0 Å². The number of nitrogens with zero attached hydrogens (tertiary/aromatic N) is 1. The number of fused-ring (bicyclic) bond motifs is 1. The third-order valence-corrected chi connectivity index (χ3v) is 3.92. The van der Waals surface area contributed by atoms with Crippen LogP contribution in [0.25, 0.3) is 0 Å². The number of non-ortho nitro benzene ring substituents is 1. The van der Waals surface area contributed by atoms with Crippen LogP contribution in [-0.4, -0.2) is 10.0 Å². The molecule has 5 nitrogen and oxygen atoms in total. The van der Waals surface area contributed by atoms with E-state index < -0.39 is 0 Å². The molecule has 2 aromatic rings. The van der Waals surface area contributed by atoms with Crippen molar-refractivity contribution in [1.29, 1.82) is 0 Å². The van der Waals surface area contributed by atoms with E-state index in [0.29, 0.717) is 12.3 Å². The van der Waals surface area contributed by atoms with Crippen LogP contribution in [0.2, 0.25) is 0 Å². The molecule has 5 heteroatoms. The molecule has 0 heterocycles. The number of nitro groups is 1. The zero-order valence-corrected chi connectivity index (χ0v) is 11.5. The van der Waals surface area contributed by atoms with Gasteiger partial charge in [0.25, 0.3) is 5.69 Å². The second kappa shape index (κ2) is 5.54. The Hall–Kier alpha value is -2.40. The molecule has 0 aliphatic heterocycles. The van der Waals surface area contributed by atoms with E-state index in [-0.39, 0.29) is 16.7 Å². The van der Waals surface area contributed by atoms with Gasteiger partial charge in [-0.25, -0.2) is 0 Å². The number of phenolic OH excluding ortho intramolecular Hbond substituents is 1. The minimum Gasteiger partial charge on any atom is -0.508 e. The molecular formula is C16H16N2O3. The van der Waals surface area contributed by atoms with Crippen LogP contribution in [-0.2, 0) is 13.0 Å². The van der Waals surface area contributed by atoms with E-state index in [0.717, 1.165) is 29.5 Å². The van der Waals surface area contributed by atoms with Gasteiger partial charge in [-0.05, 0) is 35.6 Å². The molecular weight excluding hydrogens is 268 g/mol. The Morgan fingerprint density at radius 3 is 2.90 bits per heavy atom. The molecule has 0 amide bonds. The molecule has 108 valence electrons. The minimum atomic E-state index is -0.383. The molecule has 1 aliphatic carbocycles. The second-order valence-electron chi connectivity index (χ2n) is 5.24. The molecule has 0 saturated carbocycles. The lowest BCUT2D eigenvalue weighted by Gasteiger charge is -2.14. The number of nitrogens with one attached hydrogen (secondary N) is 1. The highest BCUT2D eigenvalue weighted by atomic mass is 16.6. The number of phenols is 1. The molecule has 1 aliphatic rings. The van der Waals surface area contributed by atoms with Gasteiger partial charge in [0.15, 0.2) is 0 Å². The van der Waals surface area contributed by atoms with Gasteiger partial charge < -0.3 is 10.4 Å². The van der Waals surface area contributed by atoms with Crippen LogP contribution in [0.4, 0.5) is 5.69 Å². The fraction of sp³-hybridized carbons (Fsp3) is 0.250. The first-order chi connectivity index (χ1) is 10.1. The lowest BCUT2D eigenvalue weighted by Crippen LogP contribution is -2.18. The topological polar surface area (TPSA) is 75.4 Å². The van der Waals surface area contributed by atoms with E-state index in [1.165, 1.54) is 6.07 Å². The molecule has 1 atom stereocenters. The molecule has 0 fully saturated rings. The van der Waals surface area contributed by atoms with E-state index in [4.69, 9.17) is 0 Å². The van der Waals surface area contributed by atoms with Crippen molar-refractivity contribution in [2.75, 3.05) is 0 Å². The molecule has 0 aromatic heterocycles. The largest absolute Gasteiger partial charge is 0.508 e. The number of aromatic hydroxyl groups is 1. The number of benzene rings is 2. The van der Waals surface area contributed by atoms with Crippen LogP contribution < -0.4 is 5.32 Å². The maximum absolute atomic E-state index is 10.8. The molecule has 21 heavy (non-hydrogen) atoms. The lowest BCUT2D eigenvalue weighted by atomic mass is 10.1. The van der Waals surface area contributed by atoms with Crippen LogP contribution in [0.3, 0.4) is 0 Å². The van der Waals surface area contributed by atoms with Gasteiger partial charge in [-0.3, -0.25) is 10.1 Å². The van der Waals surface area contributed by atoms with Gasteiger partial charge in [-0.15, -0.1) is 0 Å². The zero-order valence-electron chi connectivity index (χ0n) is 11.5. The van der Waals surface area contributed by atoms with Gasteiger partial charge in [-0.1, -0.05) is 24.3 Å². The Kier molecular flexibility index (Phi) is 3.58. The second-order valence-corrected chi connectivity index (χ2v) is 5.24. The summed E-state index contributed by atoms with van der Waals surface area (Å²) in [6.45, 7) is 0.571. The van der Waals surface area contributed by atoms with E-state index in [1.807, 2.05) is 18.2 Å². The highest BCUT2D eigenvalue weighted by Crippen LogP contribution is 2.36. The molecule has 2 N–H and O–H groups in total. The van der Waals surface area contributed by atoms with Crippen LogP contribution in [0, 0.1) is 10.1 Å². The first-order valence-electron chi connectivity index (χ1n) is 6.92. The summed E-state index contributed by atoms with van der Waals surface area (Å²) in [6.07, 6.45) is 1.79. The standard InChI is InChI=1S/C16H16N2O3/c19-16-6-2-5-13-14(16)7-8-15(13)17-10-11-3-1-4-12(9-11)18(20)21/h1-6,9,15,17,19H,7-8,10H2. The summed E-state index contributed by atoms with van der Waals surface area (Å²) in [6, 6.07) is 12.4. The Morgan fingerprint density at radius 2 is 2.10 bits per heavy atom. The summed E-state index contributed by atoms with van der Waals surface area (Å²) in [5.74, 6) is 0.354. The molecule has 2 aromatic carbocycles. The summed E-state index contributed by atoms with van der Waals surface area (Å²) in [5.41, 5.74) is 3.13. The molecule has 0 spiro atoms. The zero-order chi connectivity index (χ0) is 14.8. The molecule has 0 bridgehead atoms. The lowest BCUT2D eigenvalue weighted by molar-refractivity contribution is -0.384. The summed E-state index contributed by atoms with van der Waals surface area (Å²) in [7, 11) is 0. The highest BCUT2D eigenvalue weighted by molar-refractivity contribution is 5.44. The first-order valence-corrected chi connectivity index (χ1v) is 6.92.